The molecule has 2 aliphatic heterocycles. The molecule has 1 atom stereocenters. The van der Waals surface area contributed by atoms with Gasteiger partial charge >= 0.3 is 0 Å². The van der Waals surface area contributed by atoms with Gasteiger partial charge in [0.05, 0.1) is 37.1 Å². The largest absolute Gasteiger partial charge is 0.495 e. The summed E-state index contributed by atoms with van der Waals surface area (Å²) in [5.41, 5.74) is 3.21. The zero-order valence-corrected chi connectivity index (χ0v) is 19.1. The van der Waals surface area contributed by atoms with Gasteiger partial charge < -0.3 is 14.0 Å². The number of rotatable bonds is 4. The first-order valence-corrected chi connectivity index (χ1v) is 10.9. The van der Waals surface area contributed by atoms with Gasteiger partial charge in [0.25, 0.3) is 5.91 Å². The number of carbonyl (C=O) groups is 1. The van der Waals surface area contributed by atoms with Crippen LogP contribution in [-0.2, 0) is 9.53 Å². The van der Waals surface area contributed by atoms with Crippen LogP contribution in [0, 0.1) is 12.7 Å². The van der Waals surface area contributed by atoms with Crippen molar-refractivity contribution in [3.8, 4) is 11.4 Å². The molecule has 0 N–H and O–H groups in total. The highest BCUT2D eigenvalue weighted by Gasteiger charge is 2.38. The van der Waals surface area contributed by atoms with E-state index in [2.05, 4.69) is 9.98 Å². The fourth-order valence-corrected chi connectivity index (χ4v) is 4.06. The lowest BCUT2D eigenvalue weighted by Gasteiger charge is -2.43. The van der Waals surface area contributed by atoms with Gasteiger partial charge in [-0.3, -0.25) is 14.8 Å². The number of imidazole rings is 1. The number of benzene rings is 2. The summed E-state index contributed by atoms with van der Waals surface area (Å²) in [6.07, 6.45) is 5.55. The Bertz CT molecular complexity index is 1300. The SMILES string of the molecule is COc1cc(C=C2OCCN3C2=NC(C)C(=O)N3c2ccc(F)cc2)ccc1-n1cnc(C)c1. The van der Waals surface area contributed by atoms with Crippen LogP contribution in [0.15, 0.2) is 65.7 Å². The molecule has 0 aliphatic carbocycles. The Morgan fingerprint density at radius 3 is 2.71 bits per heavy atom. The number of aryl methyl sites for hydroxylation is 1. The van der Waals surface area contributed by atoms with Crippen LogP contribution in [0.4, 0.5) is 10.1 Å². The zero-order chi connectivity index (χ0) is 23.8. The van der Waals surface area contributed by atoms with Crippen molar-refractivity contribution in [1.82, 2.24) is 14.6 Å². The Labute approximate surface area is 196 Å². The Morgan fingerprint density at radius 1 is 1.21 bits per heavy atom. The molecule has 0 saturated carbocycles. The lowest BCUT2D eigenvalue weighted by Crippen LogP contribution is -2.59. The molecule has 0 spiro atoms. The molecule has 1 unspecified atom stereocenters. The summed E-state index contributed by atoms with van der Waals surface area (Å²) in [4.78, 5) is 21.9. The molecular weight excluding hydrogens is 437 g/mol. The molecule has 1 aromatic heterocycles. The van der Waals surface area contributed by atoms with E-state index in [-0.39, 0.29) is 11.7 Å². The monoisotopic (exact) mass is 461 g/mol. The van der Waals surface area contributed by atoms with Gasteiger partial charge in [-0.15, -0.1) is 0 Å². The van der Waals surface area contributed by atoms with Crippen LogP contribution in [0.25, 0.3) is 11.8 Å². The van der Waals surface area contributed by atoms with Gasteiger partial charge in [-0.2, -0.15) is 0 Å². The standard InChI is InChI=1S/C25H24FN5O3/c1-16-14-29(15-27-16)21-9-4-18(12-22(21)33-3)13-23-24-28-17(2)25(32)31(30(24)10-11-34-23)20-7-5-19(26)6-8-20/h4-9,12-15,17H,10-11H2,1-3H3. The van der Waals surface area contributed by atoms with Crippen molar-refractivity contribution < 1.29 is 18.7 Å². The van der Waals surface area contributed by atoms with Crippen LogP contribution in [0.1, 0.15) is 18.2 Å². The van der Waals surface area contributed by atoms with Crippen molar-refractivity contribution in [1.29, 1.82) is 0 Å². The molecule has 1 saturated heterocycles. The predicted octanol–water partition coefficient (Wildman–Crippen LogP) is 3.75. The smallest absolute Gasteiger partial charge is 0.270 e. The van der Waals surface area contributed by atoms with E-state index in [1.165, 1.54) is 12.1 Å². The van der Waals surface area contributed by atoms with Crippen molar-refractivity contribution in [3.63, 3.8) is 0 Å². The number of hydrogen-bond acceptors (Lipinski definition) is 6. The highest BCUT2D eigenvalue weighted by atomic mass is 19.1. The van der Waals surface area contributed by atoms with E-state index in [0.29, 0.717) is 36.2 Å². The van der Waals surface area contributed by atoms with E-state index < -0.39 is 6.04 Å². The molecule has 3 aromatic rings. The summed E-state index contributed by atoms with van der Waals surface area (Å²) in [7, 11) is 1.62. The Balaban J connectivity index is 1.51. The molecule has 1 amide bonds. The number of hydrogen-bond donors (Lipinski definition) is 0. The molecular formula is C25H24FN5O3. The van der Waals surface area contributed by atoms with Gasteiger partial charge in [-0.25, -0.2) is 14.4 Å². The van der Waals surface area contributed by atoms with Crippen LogP contribution in [0.5, 0.6) is 5.75 Å². The molecule has 174 valence electrons. The van der Waals surface area contributed by atoms with Crippen molar-refractivity contribution >= 4 is 23.5 Å². The molecule has 2 aliphatic rings. The Morgan fingerprint density at radius 2 is 2.00 bits per heavy atom. The van der Waals surface area contributed by atoms with Crippen molar-refractivity contribution in [2.45, 2.75) is 19.9 Å². The first-order valence-electron chi connectivity index (χ1n) is 10.9. The second-order valence-corrected chi connectivity index (χ2v) is 8.09. The number of aromatic nitrogens is 2. The fraction of sp³-hybridized carbons (Fsp3) is 0.240. The number of ether oxygens (including phenoxy) is 2. The van der Waals surface area contributed by atoms with E-state index in [4.69, 9.17) is 9.47 Å². The third kappa shape index (κ3) is 3.89. The lowest BCUT2D eigenvalue weighted by molar-refractivity contribution is -0.122. The van der Waals surface area contributed by atoms with Crippen molar-refractivity contribution in [2.24, 2.45) is 4.99 Å². The number of aliphatic imine (C=N–C) groups is 1. The molecule has 0 radical (unpaired) electrons. The molecule has 9 heteroatoms. The van der Waals surface area contributed by atoms with Crippen LogP contribution in [-0.4, -0.2) is 52.6 Å². The number of nitrogens with zero attached hydrogens (tertiary/aromatic N) is 5. The van der Waals surface area contributed by atoms with E-state index in [1.807, 2.05) is 42.0 Å². The summed E-state index contributed by atoms with van der Waals surface area (Å²) in [5, 5.41) is 3.33. The quantitative estimate of drug-likeness (QED) is 0.592. The van der Waals surface area contributed by atoms with E-state index in [1.54, 1.807) is 42.5 Å². The lowest BCUT2D eigenvalue weighted by atomic mass is 10.1. The second-order valence-electron chi connectivity index (χ2n) is 8.09. The van der Waals surface area contributed by atoms with Crippen LogP contribution in [0.2, 0.25) is 0 Å². The first-order chi connectivity index (χ1) is 16.4. The number of amidine groups is 1. The number of methoxy groups -OCH3 is 1. The van der Waals surface area contributed by atoms with Gasteiger partial charge in [0, 0.05) is 6.20 Å². The van der Waals surface area contributed by atoms with Crippen LogP contribution >= 0.6 is 0 Å². The maximum atomic E-state index is 13.5. The molecule has 1 fully saturated rings. The number of halogens is 1. The van der Waals surface area contributed by atoms with Crippen molar-refractivity contribution in [3.05, 3.63) is 77.8 Å². The Kier molecular flexibility index (Phi) is 5.53. The first kappa shape index (κ1) is 21.7. The van der Waals surface area contributed by atoms with Gasteiger partial charge in [-0.05, 0) is 61.9 Å². The molecule has 8 nitrogen and oxygen atoms in total. The normalized spacial score (nSPS) is 19.1. The minimum Gasteiger partial charge on any atom is -0.495 e. The maximum absolute atomic E-state index is 13.5. The van der Waals surface area contributed by atoms with Crippen LogP contribution < -0.4 is 9.75 Å². The summed E-state index contributed by atoms with van der Waals surface area (Å²) < 4.78 is 27.0. The summed E-state index contributed by atoms with van der Waals surface area (Å²) in [5.74, 6) is 1.24. The molecule has 2 aromatic carbocycles. The highest BCUT2D eigenvalue weighted by molar-refractivity contribution is 6.10. The minimum absolute atomic E-state index is 0.182. The number of hydrazine groups is 1. The highest BCUT2D eigenvalue weighted by Crippen LogP contribution is 2.30. The van der Waals surface area contributed by atoms with Gasteiger partial charge in [0.1, 0.15) is 24.2 Å². The number of anilines is 1. The topological polar surface area (TPSA) is 72.2 Å². The molecule has 5 rings (SSSR count). The number of carbonyl (C=O) groups excluding carboxylic acids is 1. The van der Waals surface area contributed by atoms with Crippen molar-refractivity contribution in [2.75, 3.05) is 25.3 Å². The van der Waals surface area contributed by atoms with Gasteiger partial charge in [-0.1, -0.05) is 6.07 Å². The molecule has 34 heavy (non-hydrogen) atoms. The zero-order valence-electron chi connectivity index (χ0n) is 19.1. The number of fused-ring (bicyclic) bond motifs is 1. The number of amides is 1. The third-order valence-corrected chi connectivity index (χ3v) is 5.71. The summed E-state index contributed by atoms with van der Waals surface area (Å²) in [6.45, 7) is 4.47. The van der Waals surface area contributed by atoms with Gasteiger partial charge in [0.15, 0.2) is 11.6 Å². The Hall–Kier alpha value is -4.14. The van der Waals surface area contributed by atoms with E-state index in [9.17, 15) is 9.18 Å². The maximum Gasteiger partial charge on any atom is 0.270 e. The predicted molar refractivity (Wildman–Crippen MR) is 126 cm³/mol. The summed E-state index contributed by atoms with van der Waals surface area (Å²) in [6, 6.07) is 11.1. The fourth-order valence-electron chi connectivity index (χ4n) is 4.06. The van der Waals surface area contributed by atoms with E-state index >= 15 is 0 Å². The third-order valence-electron chi connectivity index (χ3n) is 5.71. The molecule has 0 bridgehead atoms. The second kappa shape index (κ2) is 8.66. The number of morpholine rings is 1. The van der Waals surface area contributed by atoms with Crippen LogP contribution in [0.3, 0.4) is 0 Å². The summed E-state index contributed by atoms with van der Waals surface area (Å²) >= 11 is 0. The minimum atomic E-state index is -0.609. The average Bonchev–Trinajstić information content (AvgIpc) is 3.27. The molecule has 3 heterocycles. The van der Waals surface area contributed by atoms with E-state index in [0.717, 1.165) is 16.9 Å². The van der Waals surface area contributed by atoms with Gasteiger partial charge in [0.2, 0.25) is 0 Å². The average molecular weight is 461 g/mol.